The number of amides is 1. The van der Waals surface area contributed by atoms with Gasteiger partial charge in [0.25, 0.3) is 11.6 Å². The summed E-state index contributed by atoms with van der Waals surface area (Å²) in [6.07, 6.45) is 1.55. The third-order valence-electron chi connectivity index (χ3n) is 5.44. The van der Waals surface area contributed by atoms with Gasteiger partial charge in [0.15, 0.2) is 11.4 Å². The second-order valence-corrected chi connectivity index (χ2v) is 7.38. The second-order valence-electron chi connectivity index (χ2n) is 7.38. The van der Waals surface area contributed by atoms with Crippen molar-refractivity contribution in [3.8, 4) is 11.5 Å². The predicted octanol–water partition coefficient (Wildman–Crippen LogP) is 4.28. The molecule has 3 aromatic heterocycles. The first-order valence-corrected chi connectivity index (χ1v) is 9.67. The molecular formula is C22H21N5O4. The average Bonchev–Trinajstić information content (AvgIpc) is 3.40. The smallest absolute Gasteiger partial charge is 0.269 e. The summed E-state index contributed by atoms with van der Waals surface area (Å²) in [6, 6.07) is 11.2. The molecule has 1 atom stereocenters. The molecule has 4 aromatic rings. The summed E-state index contributed by atoms with van der Waals surface area (Å²) in [5.74, 6) is 0.305. The van der Waals surface area contributed by atoms with Crippen molar-refractivity contribution in [2.24, 2.45) is 7.05 Å². The molecule has 0 N–H and O–H groups in total. The van der Waals surface area contributed by atoms with E-state index in [0.717, 1.165) is 0 Å². The molecule has 158 valence electrons. The third kappa shape index (κ3) is 3.54. The molecule has 0 aliphatic heterocycles. The molecule has 0 saturated heterocycles. The van der Waals surface area contributed by atoms with Crippen LogP contribution in [0.1, 0.15) is 34.6 Å². The lowest BCUT2D eigenvalue weighted by Crippen LogP contribution is -2.30. The fourth-order valence-corrected chi connectivity index (χ4v) is 3.65. The van der Waals surface area contributed by atoms with E-state index in [1.54, 1.807) is 60.3 Å². The Kier molecular flexibility index (Phi) is 5.02. The number of hydrogen-bond acceptors (Lipinski definition) is 6. The van der Waals surface area contributed by atoms with Gasteiger partial charge in [0.2, 0.25) is 0 Å². The topological polar surface area (TPSA) is 107 Å². The fourth-order valence-electron chi connectivity index (χ4n) is 3.65. The standard InChI is InChI=1S/C22H21N5O4/c1-13-20-17(12-18(19-9-6-10-31-19)23-21(20)26(4)24-13)22(28)25(3)14(2)15-7-5-8-16(11-15)27(29)30/h5-12,14H,1-4H3. The van der Waals surface area contributed by atoms with Gasteiger partial charge in [-0.25, -0.2) is 4.98 Å². The lowest BCUT2D eigenvalue weighted by Gasteiger charge is -2.26. The molecule has 0 radical (unpaired) electrons. The number of pyridine rings is 1. The van der Waals surface area contributed by atoms with Gasteiger partial charge in [-0.1, -0.05) is 12.1 Å². The summed E-state index contributed by atoms with van der Waals surface area (Å²) >= 11 is 0. The molecule has 3 heterocycles. The van der Waals surface area contributed by atoms with Crippen molar-refractivity contribution in [2.75, 3.05) is 7.05 Å². The van der Waals surface area contributed by atoms with Crippen molar-refractivity contribution in [3.05, 3.63) is 75.7 Å². The first kappa shape index (κ1) is 20.3. The van der Waals surface area contributed by atoms with Crippen molar-refractivity contribution in [2.45, 2.75) is 19.9 Å². The molecule has 0 bridgehead atoms. The lowest BCUT2D eigenvalue weighted by molar-refractivity contribution is -0.384. The Balaban J connectivity index is 1.79. The van der Waals surface area contributed by atoms with E-state index in [2.05, 4.69) is 10.1 Å². The van der Waals surface area contributed by atoms with Gasteiger partial charge in [-0.3, -0.25) is 19.6 Å². The molecule has 0 spiro atoms. The van der Waals surface area contributed by atoms with Gasteiger partial charge in [0.05, 0.1) is 33.9 Å². The molecule has 4 rings (SSSR count). The third-order valence-corrected chi connectivity index (χ3v) is 5.44. The van der Waals surface area contributed by atoms with E-state index in [1.807, 2.05) is 13.8 Å². The van der Waals surface area contributed by atoms with Gasteiger partial charge in [-0.05, 0) is 37.6 Å². The lowest BCUT2D eigenvalue weighted by atomic mass is 10.0. The number of aromatic nitrogens is 3. The summed E-state index contributed by atoms with van der Waals surface area (Å²) in [6.45, 7) is 3.66. The minimum Gasteiger partial charge on any atom is -0.463 e. The minimum atomic E-state index is -0.445. The quantitative estimate of drug-likeness (QED) is 0.353. The van der Waals surface area contributed by atoms with Crippen LogP contribution in [0, 0.1) is 17.0 Å². The highest BCUT2D eigenvalue weighted by Crippen LogP contribution is 2.30. The zero-order chi connectivity index (χ0) is 22.3. The SMILES string of the molecule is Cc1nn(C)c2nc(-c3ccco3)cc(C(=O)N(C)C(C)c3cccc([N+](=O)[O-])c3)c12. The Morgan fingerprint density at radius 3 is 2.71 bits per heavy atom. The van der Waals surface area contributed by atoms with E-state index < -0.39 is 4.92 Å². The highest BCUT2D eigenvalue weighted by atomic mass is 16.6. The van der Waals surface area contributed by atoms with Crippen LogP contribution in [0.5, 0.6) is 0 Å². The van der Waals surface area contributed by atoms with E-state index in [1.165, 1.54) is 12.1 Å². The van der Waals surface area contributed by atoms with E-state index in [0.29, 0.717) is 39.3 Å². The summed E-state index contributed by atoms with van der Waals surface area (Å²) in [4.78, 5) is 30.5. The van der Waals surface area contributed by atoms with Crippen LogP contribution in [0.25, 0.3) is 22.5 Å². The van der Waals surface area contributed by atoms with Crippen molar-refractivity contribution in [1.82, 2.24) is 19.7 Å². The summed E-state index contributed by atoms with van der Waals surface area (Å²) < 4.78 is 7.12. The molecule has 1 aromatic carbocycles. The van der Waals surface area contributed by atoms with E-state index in [-0.39, 0.29) is 17.6 Å². The van der Waals surface area contributed by atoms with Crippen LogP contribution in [0.4, 0.5) is 5.69 Å². The molecule has 1 unspecified atom stereocenters. The van der Waals surface area contributed by atoms with Gasteiger partial charge in [-0.15, -0.1) is 0 Å². The summed E-state index contributed by atoms with van der Waals surface area (Å²) in [5, 5.41) is 16.2. The Hall–Kier alpha value is -4.01. The van der Waals surface area contributed by atoms with Gasteiger partial charge in [0.1, 0.15) is 5.69 Å². The zero-order valence-corrected chi connectivity index (χ0v) is 17.6. The number of non-ortho nitro benzene ring substituents is 1. The Morgan fingerprint density at radius 2 is 2.03 bits per heavy atom. The van der Waals surface area contributed by atoms with Crippen LogP contribution in [0.15, 0.2) is 53.1 Å². The molecule has 9 nitrogen and oxygen atoms in total. The molecule has 0 fully saturated rings. The number of carbonyl (C=O) groups is 1. The maximum absolute atomic E-state index is 13.6. The molecule has 1 amide bonds. The normalized spacial score (nSPS) is 12.1. The van der Waals surface area contributed by atoms with E-state index in [9.17, 15) is 14.9 Å². The largest absolute Gasteiger partial charge is 0.463 e. The van der Waals surface area contributed by atoms with Crippen molar-refractivity contribution >= 4 is 22.6 Å². The average molecular weight is 419 g/mol. The first-order chi connectivity index (χ1) is 14.8. The maximum atomic E-state index is 13.6. The van der Waals surface area contributed by atoms with Crippen molar-refractivity contribution < 1.29 is 14.1 Å². The predicted molar refractivity (Wildman–Crippen MR) is 115 cm³/mol. The van der Waals surface area contributed by atoms with Crippen LogP contribution in [0.3, 0.4) is 0 Å². The highest BCUT2D eigenvalue weighted by molar-refractivity contribution is 6.07. The van der Waals surface area contributed by atoms with Crippen molar-refractivity contribution in [1.29, 1.82) is 0 Å². The van der Waals surface area contributed by atoms with Crippen LogP contribution in [0.2, 0.25) is 0 Å². The number of benzene rings is 1. The Labute approximate surface area is 178 Å². The monoisotopic (exact) mass is 419 g/mol. The molecule has 0 saturated carbocycles. The maximum Gasteiger partial charge on any atom is 0.269 e. The van der Waals surface area contributed by atoms with Gasteiger partial charge >= 0.3 is 0 Å². The van der Waals surface area contributed by atoms with Crippen molar-refractivity contribution in [3.63, 3.8) is 0 Å². The zero-order valence-electron chi connectivity index (χ0n) is 17.6. The molecule has 0 aliphatic carbocycles. The molecular weight excluding hydrogens is 398 g/mol. The van der Waals surface area contributed by atoms with Gasteiger partial charge in [0, 0.05) is 26.2 Å². The highest BCUT2D eigenvalue weighted by Gasteiger charge is 2.25. The Bertz CT molecular complexity index is 1290. The van der Waals surface area contributed by atoms with Crippen LogP contribution < -0.4 is 0 Å². The number of carbonyl (C=O) groups excluding carboxylic acids is 1. The number of hydrogen-bond donors (Lipinski definition) is 0. The number of furan rings is 1. The van der Waals surface area contributed by atoms with Gasteiger partial charge in [-0.2, -0.15) is 5.10 Å². The Morgan fingerprint density at radius 1 is 1.26 bits per heavy atom. The number of nitro groups is 1. The van der Waals surface area contributed by atoms with Gasteiger partial charge < -0.3 is 9.32 Å². The van der Waals surface area contributed by atoms with Crippen LogP contribution >= 0.6 is 0 Å². The summed E-state index contributed by atoms with van der Waals surface area (Å²) in [5.41, 5.74) is 2.90. The molecule has 0 aliphatic rings. The molecule has 31 heavy (non-hydrogen) atoms. The second kappa shape index (κ2) is 7.67. The first-order valence-electron chi connectivity index (χ1n) is 9.67. The van der Waals surface area contributed by atoms with E-state index >= 15 is 0 Å². The number of fused-ring (bicyclic) bond motifs is 1. The fraction of sp³-hybridized carbons (Fsp3) is 0.227. The number of nitro benzene ring substituents is 1. The van der Waals surface area contributed by atoms with E-state index in [4.69, 9.17) is 4.42 Å². The van der Waals surface area contributed by atoms with Crippen LogP contribution in [-0.4, -0.2) is 37.5 Å². The molecule has 9 heteroatoms. The van der Waals surface area contributed by atoms with Crippen LogP contribution in [-0.2, 0) is 7.05 Å². The minimum absolute atomic E-state index is 0.0142. The number of rotatable bonds is 5. The number of aryl methyl sites for hydroxylation is 2. The number of nitrogens with zero attached hydrogens (tertiary/aromatic N) is 5. The summed E-state index contributed by atoms with van der Waals surface area (Å²) in [7, 11) is 3.45.